The van der Waals surface area contributed by atoms with Crippen molar-refractivity contribution in [2.24, 2.45) is 0 Å². The Morgan fingerprint density at radius 2 is 1.62 bits per heavy atom. The quantitative estimate of drug-likeness (QED) is 0.555. The lowest BCUT2D eigenvalue weighted by Gasteiger charge is -2.34. The lowest BCUT2D eigenvalue weighted by atomic mass is 10.0. The number of para-hydroxylation sites is 1. The predicted molar refractivity (Wildman–Crippen MR) is 128 cm³/mol. The topological polar surface area (TPSA) is 58.4 Å². The van der Waals surface area contributed by atoms with Gasteiger partial charge in [0.25, 0.3) is 0 Å². The molecule has 0 radical (unpaired) electrons. The van der Waals surface area contributed by atoms with Crippen molar-refractivity contribution in [3.8, 4) is 16.9 Å². The zero-order valence-electron chi connectivity index (χ0n) is 18.7. The molecule has 2 aromatic carbocycles. The van der Waals surface area contributed by atoms with Crippen molar-refractivity contribution < 1.29 is 9.59 Å². The third-order valence-electron chi connectivity index (χ3n) is 5.91. The van der Waals surface area contributed by atoms with Gasteiger partial charge in [-0.3, -0.25) is 14.2 Å². The van der Waals surface area contributed by atoms with Gasteiger partial charge in [-0.1, -0.05) is 42.1 Å². The highest BCUT2D eigenvalue weighted by atomic mass is 32.2. The van der Waals surface area contributed by atoms with Crippen LogP contribution in [0.5, 0.6) is 0 Å². The first-order valence-electron chi connectivity index (χ1n) is 10.8. The Kier molecular flexibility index (Phi) is 6.65. The van der Waals surface area contributed by atoms with Crippen LogP contribution in [0.15, 0.2) is 59.9 Å². The van der Waals surface area contributed by atoms with Gasteiger partial charge in [-0.2, -0.15) is 0 Å². The number of carbonyl (C=O) groups excluding carboxylic acids is 2. The monoisotopic (exact) mass is 448 g/mol. The number of aryl methyl sites for hydroxylation is 2. The van der Waals surface area contributed by atoms with Crippen molar-refractivity contribution in [2.45, 2.75) is 25.9 Å². The Morgan fingerprint density at radius 1 is 0.938 bits per heavy atom. The van der Waals surface area contributed by atoms with Gasteiger partial charge in [-0.15, -0.1) is 0 Å². The summed E-state index contributed by atoms with van der Waals surface area (Å²) in [5, 5.41) is 0.792. The minimum atomic E-state index is 0.0650. The molecular formula is C25H28N4O2S. The Bertz CT molecular complexity index is 1120. The second kappa shape index (κ2) is 9.61. The fourth-order valence-corrected chi connectivity index (χ4v) is 4.66. The molecule has 3 aromatic rings. The van der Waals surface area contributed by atoms with Gasteiger partial charge in [0, 0.05) is 50.6 Å². The number of imidazole rings is 1. The summed E-state index contributed by atoms with van der Waals surface area (Å²) in [4.78, 5) is 32.9. The van der Waals surface area contributed by atoms with Crippen LogP contribution in [-0.2, 0) is 9.59 Å². The van der Waals surface area contributed by atoms with Crippen molar-refractivity contribution in [3.05, 3.63) is 65.9 Å². The van der Waals surface area contributed by atoms with Gasteiger partial charge in [0.15, 0.2) is 5.16 Å². The minimum Gasteiger partial charge on any atom is -0.339 e. The summed E-state index contributed by atoms with van der Waals surface area (Å²) >= 11 is 1.45. The first kappa shape index (κ1) is 22.1. The van der Waals surface area contributed by atoms with E-state index in [9.17, 15) is 9.59 Å². The van der Waals surface area contributed by atoms with Crippen LogP contribution >= 0.6 is 11.8 Å². The standard InChI is InChI=1S/C25H28N4O2S/c1-18-9-10-21(15-19(18)2)23-16-29(22-7-5-4-6-8-22)25(26-23)32-17-24(31)28-13-11-27(12-14-28)20(3)30/h4-10,15-16H,11-14,17H2,1-3H3. The fourth-order valence-electron chi connectivity index (χ4n) is 3.77. The maximum absolute atomic E-state index is 12.8. The van der Waals surface area contributed by atoms with E-state index in [2.05, 4.69) is 36.6 Å². The fraction of sp³-hybridized carbons (Fsp3) is 0.320. The van der Waals surface area contributed by atoms with E-state index in [1.54, 1.807) is 11.8 Å². The lowest BCUT2D eigenvalue weighted by molar-refractivity contribution is -0.136. The highest BCUT2D eigenvalue weighted by Crippen LogP contribution is 2.28. The molecule has 1 aliphatic heterocycles. The first-order chi connectivity index (χ1) is 15.4. The molecular weight excluding hydrogens is 420 g/mol. The Balaban J connectivity index is 1.53. The summed E-state index contributed by atoms with van der Waals surface area (Å²) in [6.07, 6.45) is 2.04. The van der Waals surface area contributed by atoms with E-state index in [0.717, 1.165) is 22.1 Å². The van der Waals surface area contributed by atoms with E-state index in [1.165, 1.54) is 22.9 Å². The van der Waals surface area contributed by atoms with Gasteiger partial charge in [0.1, 0.15) is 0 Å². The largest absolute Gasteiger partial charge is 0.339 e. The summed E-state index contributed by atoms with van der Waals surface area (Å²) in [6.45, 7) is 8.14. The normalized spacial score (nSPS) is 14.0. The predicted octanol–water partition coefficient (Wildman–Crippen LogP) is 3.94. The highest BCUT2D eigenvalue weighted by molar-refractivity contribution is 7.99. The number of benzene rings is 2. The summed E-state index contributed by atoms with van der Waals surface area (Å²) < 4.78 is 2.05. The minimum absolute atomic E-state index is 0.0650. The van der Waals surface area contributed by atoms with Gasteiger partial charge in [-0.05, 0) is 43.2 Å². The molecule has 1 fully saturated rings. The molecule has 0 unspecified atom stereocenters. The summed E-state index contributed by atoms with van der Waals surface area (Å²) in [7, 11) is 0. The summed E-state index contributed by atoms with van der Waals surface area (Å²) in [5.41, 5.74) is 5.45. The molecule has 32 heavy (non-hydrogen) atoms. The molecule has 1 aromatic heterocycles. The van der Waals surface area contributed by atoms with Gasteiger partial charge >= 0.3 is 0 Å². The van der Waals surface area contributed by atoms with Crippen LogP contribution in [0, 0.1) is 13.8 Å². The average molecular weight is 449 g/mol. The van der Waals surface area contributed by atoms with Crippen molar-refractivity contribution in [3.63, 3.8) is 0 Å². The number of hydrogen-bond donors (Lipinski definition) is 0. The van der Waals surface area contributed by atoms with Crippen molar-refractivity contribution in [1.82, 2.24) is 19.4 Å². The van der Waals surface area contributed by atoms with Crippen LogP contribution < -0.4 is 0 Å². The molecule has 166 valence electrons. The molecule has 2 heterocycles. The molecule has 0 aliphatic carbocycles. The molecule has 2 amide bonds. The molecule has 7 heteroatoms. The van der Waals surface area contributed by atoms with Crippen molar-refractivity contribution in [2.75, 3.05) is 31.9 Å². The van der Waals surface area contributed by atoms with E-state index in [-0.39, 0.29) is 11.8 Å². The second-order valence-corrected chi connectivity index (χ2v) is 9.03. The maximum Gasteiger partial charge on any atom is 0.233 e. The van der Waals surface area contributed by atoms with Crippen LogP contribution in [-0.4, -0.2) is 63.1 Å². The third-order valence-corrected chi connectivity index (χ3v) is 6.85. The second-order valence-electron chi connectivity index (χ2n) is 8.09. The SMILES string of the molecule is CC(=O)N1CCN(C(=O)CSc2nc(-c3ccc(C)c(C)c3)cn2-c2ccccc2)CC1. The van der Waals surface area contributed by atoms with E-state index in [4.69, 9.17) is 4.98 Å². The average Bonchev–Trinajstić information content (AvgIpc) is 3.24. The van der Waals surface area contributed by atoms with E-state index >= 15 is 0 Å². The Hall–Kier alpha value is -3.06. The molecule has 1 aliphatic rings. The molecule has 0 N–H and O–H groups in total. The molecule has 6 nitrogen and oxygen atoms in total. The van der Waals surface area contributed by atoms with Crippen LogP contribution in [0.3, 0.4) is 0 Å². The van der Waals surface area contributed by atoms with Crippen LogP contribution in [0.4, 0.5) is 0 Å². The Labute approximate surface area is 193 Å². The molecule has 1 saturated heterocycles. The third kappa shape index (κ3) is 4.88. The number of hydrogen-bond acceptors (Lipinski definition) is 4. The van der Waals surface area contributed by atoms with Gasteiger partial charge in [-0.25, -0.2) is 4.98 Å². The van der Waals surface area contributed by atoms with E-state index < -0.39 is 0 Å². The summed E-state index contributed by atoms with van der Waals surface area (Å²) in [5.74, 6) is 0.458. The smallest absolute Gasteiger partial charge is 0.233 e. The molecule has 0 atom stereocenters. The number of piperazine rings is 1. The molecule has 0 spiro atoms. The Morgan fingerprint density at radius 3 is 2.28 bits per heavy atom. The number of nitrogens with zero attached hydrogens (tertiary/aromatic N) is 4. The van der Waals surface area contributed by atoms with Crippen LogP contribution in [0.25, 0.3) is 16.9 Å². The number of aromatic nitrogens is 2. The number of carbonyl (C=O) groups is 2. The number of amides is 2. The molecule has 0 bridgehead atoms. The lowest BCUT2D eigenvalue weighted by Crippen LogP contribution is -2.50. The maximum atomic E-state index is 12.8. The number of rotatable bonds is 5. The summed E-state index contributed by atoms with van der Waals surface area (Å²) in [6, 6.07) is 16.4. The highest BCUT2D eigenvalue weighted by Gasteiger charge is 2.23. The van der Waals surface area contributed by atoms with Crippen molar-refractivity contribution in [1.29, 1.82) is 0 Å². The zero-order valence-corrected chi connectivity index (χ0v) is 19.6. The van der Waals surface area contributed by atoms with Crippen LogP contribution in [0.1, 0.15) is 18.1 Å². The molecule has 0 saturated carbocycles. The zero-order chi connectivity index (χ0) is 22.7. The van der Waals surface area contributed by atoms with Gasteiger partial charge in [0.05, 0.1) is 11.4 Å². The van der Waals surface area contributed by atoms with E-state index in [1.807, 2.05) is 41.4 Å². The van der Waals surface area contributed by atoms with Gasteiger partial charge < -0.3 is 9.80 Å². The van der Waals surface area contributed by atoms with Gasteiger partial charge in [0.2, 0.25) is 11.8 Å². The first-order valence-corrected chi connectivity index (χ1v) is 11.8. The molecule has 4 rings (SSSR count). The van der Waals surface area contributed by atoms with Crippen LogP contribution in [0.2, 0.25) is 0 Å². The van der Waals surface area contributed by atoms with Crippen molar-refractivity contribution >= 4 is 23.6 Å². The van der Waals surface area contributed by atoms with E-state index in [0.29, 0.717) is 31.9 Å². The number of thioether (sulfide) groups is 1.